The van der Waals surface area contributed by atoms with E-state index in [2.05, 4.69) is 18.9 Å². The molecule has 0 bridgehead atoms. The molecular weight excluding hydrogens is 300 g/mol. The molecule has 0 spiro atoms. The lowest BCUT2D eigenvalue weighted by Crippen LogP contribution is -2.10. The van der Waals surface area contributed by atoms with Crippen LogP contribution in [-0.2, 0) is 20.6 Å². The summed E-state index contributed by atoms with van der Waals surface area (Å²) < 4.78 is 87.4. The first-order valence-corrected chi connectivity index (χ1v) is 5.76. The van der Waals surface area contributed by atoms with Crippen LogP contribution in [-0.4, -0.2) is 20.2 Å². The zero-order chi connectivity index (χ0) is 13.3. The number of alkyl halides is 5. The number of hydrogen-bond acceptors (Lipinski definition) is 6. The largest absolute Gasteiger partial charge is 0.445 e. The van der Waals surface area contributed by atoms with Gasteiger partial charge in [0.1, 0.15) is 0 Å². The SMILES string of the molecule is O=S(=Nc1nnc(C(F)(F)F)s1)(OF)C(F)F. The normalized spacial score (nSPS) is 15.9. The fourth-order valence-electron chi connectivity index (χ4n) is 0.557. The highest BCUT2D eigenvalue weighted by Crippen LogP contribution is 2.34. The van der Waals surface area contributed by atoms with Crippen LogP contribution in [0.1, 0.15) is 5.01 Å². The summed E-state index contributed by atoms with van der Waals surface area (Å²) in [5.74, 6) is -3.84. The molecule has 5 nitrogen and oxygen atoms in total. The van der Waals surface area contributed by atoms with Crippen LogP contribution in [0.5, 0.6) is 0 Å². The highest BCUT2D eigenvalue weighted by Gasteiger charge is 2.36. The molecule has 13 heteroatoms. The quantitative estimate of drug-likeness (QED) is 0.805. The molecule has 0 saturated carbocycles. The lowest BCUT2D eigenvalue weighted by molar-refractivity contribution is -0.138. The molecule has 0 N–H and O–H groups in total. The van der Waals surface area contributed by atoms with E-state index in [4.69, 9.17) is 0 Å². The van der Waals surface area contributed by atoms with Crippen LogP contribution in [0.15, 0.2) is 4.36 Å². The summed E-state index contributed by atoms with van der Waals surface area (Å²) in [6.45, 7) is 0. The zero-order valence-corrected chi connectivity index (χ0v) is 8.95. The molecule has 0 aliphatic carbocycles. The maximum Gasteiger partial charge on any atom is 0.445 e. The molecule has 98 valence electrons. The molecule has 0 radical (unpaired) electrons. The Morgan fingerprint density at radius 3 is 2.29 bits per heavy atom. The summed E-state index contributed by atoms with van der Waals surface area (Å²) in [7, 11) is -5.06. The molecule has 0 amide bonds. The molecular formula is C4HF6N3O2S2. The van der Waals surface area contributed by atoms with Gasteiger partial charge in [-0.1, -0.05) is 15.7 Å². The highest BCUT2D eigenvalue weighted by molar-refractivity contribution is 7.89. The van der Waals surface area contributed by atoms with Crippen LogP contribution >= 0.6 is 11.3 Å². The fraction of sp³-hybridized carbons (Fsp3) is 0.500. The molecule has 1 aromatic heterocycles. The maximum atomic E-state index is 12.0. The molecule has 0 aromatic carbocycles. The average Bonchev–Trinajstić information content (AvgIpc) is 2.65. The van der Waals surface area contributed by atoms with Gasteiger partial charge in [-0.05, 0) is 4.53 Å². The topological polar surface area (TPSA) is 64.4 Å². The van der Waals surface area contributed by atoms with Gasteiger partial charge in [-0.25, -0.2) is 4.21 Å². The summed E-state index contributed by atoms with van der Waals surface area (Å²) in [6.07, 6.45) is -4.85. The molecule has 1 unspecified atom stereocenters. The van der Waals surface area contributed by atoms with E-state index in [1.54, 1.807) is 0 Å². The molecule has 0 aliphatic rings. The third-order valence-electron chi connectivity index (χ3n) is 1.18. The number of hydrogen-bond donors (Lipinski definition) is 0. The second kappa shape index (κ2) is 4.73. The number of halogens is 6. The van der Waals surface area contributed by atoms with Gasteiger partial charge in [0.15, 0.2) is 0 Å². The van der Waals surface area contributed by atoms with Gasteiger partial charge >= 0.3 is 11.9 Å². The second-order valence-corrected chi connectivity index (χ2v) is 4.97. The van der Waals surface area contributed by atoms with Crippen LogP contribution in [0.4, 0.5) is 31.6 Å². The molecule has 0 fully saturated rings. The van der Waals surface area contributed by atoms with Crippen molar-refractivity contribution in [1.82, 2.24) is 10.2 Å². The van der Waals surface area contributed by atoms with Crippen LogP contribution < -0.4 is 0 Å². The van der Waals surface area contributed by atoms with E-state index in [9.17, 15) is 30.7 Å². The minimum Gasteiger partial charge on any atom is -0.212 e. The lowest BCUT2D eigenvalue weighted by Gasteiger charge is -1.99. The van der Waals surface area contributed by atoms with Crippen molar-refractivity contribution in [2.24, 2.45) is 4.36 Å². The van der Waals surface area contributed by atoms with E-state index >= 15 is 0 Å². The predicted molar refractivity (Wildman–Crippen MR) is 43.3 cm³/mol. The molecule has 17 heavy (non-hydrogen) atoms. The first-order valence-electron chi connectivity index (χ1n) is 3.44. The zero-order valence-electron chi connectivity index (χ0n) is 7.32. The Kier molecular flexibility index (Phi) is 3.93. The molecule has 0 saturated heterocycles. The van der Waals surface area contributed by atoms with E-state index in [-0.39, 0.29) is 11.3 Å². The van der Waals surface area contributed by atoms with Gasteiger partial charge in [-0.2, -0.15) is 22.0 Å². The van der Waals surface area contributed by atoms with Crippen molar-refractivity contribution in [1.29, 1.82) is 0 Å². The minimum atomic E-state index is -5.06. The van der Waals surface area contributed by atoms with Gasteiger partial charge in [0.2, 0.25) is 10.1 Å². The second-order valence-electron chi connectivity index (χ2n) is 2.32. The lowest BCUT2D eigenvalue weighted by atomic mass is 10.7. The van der Waals surface area contributed by atoms with Gasteiger partial charge in [0, 0.05) is 0 Å². The minimum absolute atomic E-state index is 0.274. The summed E-state index contributed by atoms with van der Waals surface area (Å²) >= 11 is -0.274. The van der Waals surface area contributed by atoms with Gasteiger partial charge < -0.3 is 0 Å². The fourth-order valence-corrected chi connectivity index (χ4v) is 1.89. The molecule has 1 atom stereocenters. The summed E-state index contributed by atoms with van der Waals surface area (Å²) in [5.41, 5.74) is 0. The number of rotatable bonds is 3. The van der Waals surface area contributed by atoms with Gasteiger partial charge in [0.25, 0.3) is 10.0 Å². The molecule has 1 heterocycles. The van der Waals surface area contributed by atoms with Crippen molar-refractivity contribution < 1.29 is 35.1 Å². The summed E-state index contributed by atoms with van der Waals surface area (Å²) in [5, 5.41) is 2.77. The molecule has 1 rings (SSSR count). The number of nitrogens with zero attached hydrogens (tertiary/aromatic N) is 3. The molecule has 0 aliphatic heterocycles. The Balaban J connectivity index is 3.16. The van der Waals surface area contributed by atoms with Gasteiger partial charge in [-0.15, -0.1) is 14.6 Å². The first-order chi connectivity index (χ1) is 7.69. The Morgan fingerprint density at radius 1 is 1.35 bits per heavy atom. The summed E-state index contributed by atoms with van der Waals surface area (Å²) in [4.78, 5) is 0. The Labute approximate surface area is 93.7 Å². The number of aromatic nitrogens is 2. The van der Waals surface area contributed by atoms with Crippen molar-refractivity contribution in [3.05, 3.63) is 5.01 Å². The monoisotopic (exact) mass is 301 g/mol. The van der Waals surface area contributed by atoms with Crippen molar-refractivity contribution in [2.45, 2.75) is 11.9 Å². The van der Waals surface area contributed by atoms with Crippen molar-refractivity contribution in [3.63, 3.8) is 0 Å². The van der Waals surface area contributed by atoms with Crippen LogP contribution in [0.25, 0.3) is 0 Å². The van der Waals surface area contributed by atoms with Gasteiger partial charge in [0.05, 0.1) is 0 Å². The summed E-state index contributed by atoms with van der Waals surface area (Å²) in [6, 6.07) is 0. The predicted octanol–water partition coefficient (Wildman–Crippen LogP) is 2.70. The Bertz CT molecular complexity index is 504. The van der Waals surface area contributed by atoms with Crippen molar-refractivity contribution >= 4 is 26.5 Å². The van der Waals surface area contributed by atoms with Gasteiger partial charge in [-0.3, -0.25) is 0 Å². The van der Waals surface area contributed by atoms with Crippen LogP contribution in [0.3, 0.4) is 0 Å². The smallest absolute Gasteiger partial charge is 0.212 e. The van der Waals surface area contributed by atoms with Crippen molar-refractivity contribution in [3.8, 4) is 0 Å². The third-order valence-corrected chi connectivity index (χ3v) is 3.21. The maximum absolute atomic E-state index is 12.0. The van der Waals surface area contributed by atoms with E-state index in [1.165, 1.54) is 0 Å². The van der Waals surface area contributed by atoms with E-state index in [0.29, 0.717) is 0 Å². The van der Waals surface area contributed by atoms with Crippen molar-refractivity contribution in [2.75, 3.05) is 0 Å². The van der Waals surface area contributed by atoms with Crippen LogP contribution in [0, 0.1) is 0 Å². The van der Waals surface area contributed by atoms with E-state index in [0.717, 1.165) is 0 Å². The van der Waals surface area contributed by atoms with E-state index < -0.39 is 32.1 Å². The average molecular weight is 301 g/mol. The molecule has 1 aromatic rings. The Hall–Kier alpha value is -0.950. The Morgan fingerprint density at radius 2 is 1.94 bits per heavy atom. The third kappa shape index (κ3) is 3.26. The van der Waals surface area contributed by atoms with Crippen LogP contribution in [0.2, 0.25) is 0 Å². The standard InChI is InChI=1S/C4HF6N3O2S2/c5-2(6)17(14,15-10)13-3-12-11-1(16-3)4(7,8)9/h2H. The first kappa shape index (κ1) is 14.1. The van der Waals surface area contributed by atoms with E-state index in [1.807, 2.05) is 0 Å². The highest BCUT2D eigenvalue weighted by atomic mass is 32.2.